The first kappa shape index (κ1) is 23.9. The Morgan fingerprint density at radius 2 is 1.89 bits per heavy atom. The van der Waals surface area contributed by atoms with Crippen LogP contribution < -0.4 is 11.0 Å². The topological polar surface area (TPSA) is 108 Å². The third-order valence-electron chi connectivity index (χ3n) is 5.97. The van der Waals surface area contributed by atoms with Gasteiger partial charge in [0.2, 0.25) is 0 Å². The zero-order valence-corrected chi connectivity index (χ0v) is 20.6. The standard InChI is InChI=1S/C28H24N4O5/c1-4-36-28(35)22-15-21-24(29-23-18(3)9-6-12-31(23)27(21)34)32(16-20-11-7-13-37-20)25(22)30-26(33)19-10-5-8-17(2)14-19/h5-15H,4,16H2,1-3H3. The number of furan rings is 1. The quantitative estimate of drug-likeness (QED) is 0.270. The number of fused-ring (bicyclic) bond motifs is 2. The fourth-order valence-corrected chi connectivity index (χ4v) is 4.21. The Balaban J connectivity index is 1.92. The highest BCUT2D eigenvalue weighted by Gasteiger charge is 2.21. The highest BCUT2D eigenvalue weighted by atomic mass is 16.5. The summed E-state index contributed by atoms with van der Waals surface area (Å²) in [5, 5.41) is 0.180. The smallest absolute Gasteiger partial charge is 0.341 e. The zero-order valence-electron chi connectivity index (χ0n) is 20.6. The molecule has 1 amide bonds. The van der Waals surface area contributed by atoms with Crippen LogP contribution in [-0.2, 0) is 11.3 Å². The molecule has 9 heteroatoms. The van der Waals surface area contributed by atoms with Gasteiger partial charge in [-0.3, -0.25) is 14.0 Å². The maximum Gasteiger partial charge on any atom is 0.341 e. The molecule has 1 aromatic carbocycles. The summed E-state index contributed by atoms with van der Waals surface area (Å²) in [6.07, 6.45) is 3.14. The molecule has 0 aliphatic heterocycles. The molecule has 0 aliphatic carbocycles. The molecule has 0 unspecified atom stereocenters. The van der Waals surface area contributed by atoms with Crippen LogP contribution in [0.5, 0.6) is 0 Å². The summed E-state index contributed by atoms with van der Waals surface area (Å²) in [5.41, 5.74) is 2.40. The van der Waals surface area contributed by atoms with Crippen LogP contribution >= 0.6 is 0 Å². The average Bonchev–Trinajstić information content (AvgIpc) is 3.39. The maximum absolute atomic E-state index is 13.6. The molecule has 0 saturated heterocycles. The number of ether oxygens (including phenoxy) is 1. The normalized spacial score (nSPS) is 11.8. The molecule has 0 bridgehead atoms. The van der Waals surface area contributed by atoms with Crippen LogP contribution in [0.3, 0.4) is 0 Å². The molecule has 4 heterocycles. The van der Waals surface area contributed by atoms with Crippen LogP contribution in [0.2, 0.25) is 0 Å². The molecular formula is C28H24N4O5. The molecule has 186 valence electrons. The predicted octanol–water partition coefficient (Wildman–Crippen LogP) is 3.83. The first-order valence-corrected chi connectivity index (χ1v) is 11.8. The lowest BCUT2D eigenvalue weighted by Crippen LogP contribution is -2.33. The number of aromatic nitrogens is 3. The van der Waals surface area contributed by atoms with Crippen LogP contribution in [0.4, 0.5) is 0 Å². The number of hydrogen-bond acceptors (Lipinski definition) is 6. The van der Waals surface area contributed by atoms with Gasteiger partial charge in [-0.05, 0) is 62.7 Å². The van der Waals surface area contributed by atoms with Crippen molar-refractivity contribution in [2.45, 2.75) is 27.3 Å². The summed E-state index contributed by atoms with van der Waals surface area (Å²) in [6.45, 7) is 5.58. The van der Waals surface area contributed by atoms with Crippen molar-refractivity contribution in [3.63, 3.8) is 0 Å². The lowest BCUT2D eigenvalue weighted by atomic mass is 10.1. The molecule has 0 radical (unpaired) electrons. The number of carbonyl (C=O) groups is 2. The molecule has 5 aromatic rings. The first-order valence-electron chi connectivity index (χ1n) is 11.8. The van der Waals surface area contributed by atoms with Crippen molar-refractivity contribution in [1.82, 2.24) is 14.0 Å². The third kappa shape index (κ3) is 4.47. The van der Waals surface area contributed by atoms with E-state index in [1.54, 1.807) is 54.1 Å². The van der Waals surface area contributed by atoms with Crippen molar-refractivity contribution in [2.75, 3.05) is 6.61 Å². The summed E-state index contributed by atoms with van der Waals surface area (Å²) < 4.78 is 13.8. The minimum atomic E-state index is -0.706. The summed E-state index contributed by atoms with van der Waals surface area (Å²) >= 11 is 0. The third-order valence-corrected chi connectivity index (χ3v) is 5.97. The van der Waals surface area contributed by atoms with E-state index in [1.165, 1.54) is 16.7 Å². The van der Waals surface area contributed by atoms with E-state index in [9.17, 15) is 14.4 Å². The van der Waals surface area contributed by atoms with Crippen LogP contribution in [0.1, 0.15) is 44.5 Å². The van der Waals surface area contributed by atoms with E-state index in [-0.39, 0.29) is 40.8 Å². The number of nitrogens with zero attached hydrogens (tertiary/aromatic N) is 4. The Labute approximate surface area is 211 Å². The fraction of sp³-hybridized carbons (Fsp3) is 0.179. The molecule has 5 rings (SSSR count). The van der Waals surface area contributed by atoms with Crippen LogP contribution in [0.25, 0.3) is 16.7 Å². The highest BCUT2D eigenvalue weighted by Crippen LogP contribution is 2.16. The number of hydrogen-bond donors (Lipinski definition) is 0. The van der Waals surface area contributed by atoms with Gasteiger partial charge in [0.15, 0.2) is 5.49 Å². The van der Waals surface area contributed by atoms with Crippen molar-refractivity contribution >= 4 is 28.6 Å². The largest absolute Gasteiger partial charge is 0.467 e. The number of benzene rings is 1. The van der Waals surface area contributed by atoms with E-state index in [0.29, 0.717) is 17.0 Å². The Kier molecular flexibility index (Phi) is 6.27. The van der Waals surface area contributed by atoms with Crippen molar-refractivity contribution in [3.05, 3.63) is 111 Å². The second kappa shape index (κ2) is 9.69. The minimum Gasteiger partial charge on any atom is -0.467 e. The molecule has 0 spiro atoms. The zero-order chi connectivity index (χ0) is 26.1. The monoisotopic (exact) mass is 496 g/mol. The van der Waals surface area contributed by atoms with Gasteiger partial charge in [-0.25, -0.2) is 9.78 Å². The van der Waals surface area contributed by atoms with Gasteiger partial charge in [0, 0.05) is 11.8 Å². The van der Waals surface area contributed by atoms with Gasteiger partial charge < -0.3 is 13.7 Å². The molecule has 37 heavy (non-hydrogen) atoms. The lowest BCUT2D eigenvalue weighted by molar-refractivity contribution is 0.0523. The fourth-order valence-electron chi connectivity index (χ4n) is 4.21. The van der Waals surface area contributed by atoms with E-state index >= 15 is 0 Å². The molecule has 0 fully saturated rings. The summed E-state index contributed by atoms with van der Waals surface area (Å²) in [4.78, 5) is 49.1. The molecule has 4 aromatic heterocycles. The number of esters is 1. The van der Waals surface area contributed by atoms with E-state index in [4.69, 9.17) is 14.1 Å². The number of amides is 1. The van der Waals surface area contributed by atoms with Crippen molar-refractivity contribution in [1.29, 1.82) is 0 Å². The van der Waals surface area contributed by atoms with Gasteiger partial charge in [0.25, 0.3) is 11.5 Å². The van der Waals surface area contributed by atoms with E-state index < -0.39 is 11.9 Å². The molecule has 9 nitrogen and oxygen atoms in total. The van der Waals surface area contributed by atoms with Crippen LogP contribution in [-0.4, -0.2) is 32.4 Å². The number of rotatable bonds is 5. The number of carbonyl (C=O) groups excluding carboxylic acids is 2. The lowest BCUT2D eigenvalue weighted by Gasteiger charge is -2.15. The Hall–Kier alpha value is -4.79. The first-order chi connectivity index (χ1) is 17.9. The highest BCUT2D eigenvalue weighted by molar-refractivity contribution is 5.97. The average molecular weight is 497 g/mol. The SMILES string of the molecule is CCOC(=O)c1cc2c(=O)n3cccc(C)c3nc2n(Cc2ccco2)c1=NC(=O)c1cccc(C)c1. The Morgan fingerprint density at radius 1 is 1.05 bits per heavy atom. The summed E-state index contributed by atoms with van der Waals surface area (Å²) in [7, 11) is 0. The molecule has 0 N–H and O–H groups in total. The van der Waals surface area contributed by atoms with Crippen molar-refractivity contribution in [2.24, 2.45) is 4.99 Å². The van der Waals surface area contributed by atoms with E-state index in [1.807, 2.05) is 26.0 Å². The van der Waals surface area contributed by atoms with Gasteiger partial charge in [-0.1, -0.05) is 23.8 Å². The van der Waals surface area contributed by atoms with Crippen molar-refractivity contribution < 1.29 is 18.7 Å². The minimum absolute atomic E-state index is 0.0200. The van der Waals surface area contributed by atoms with Crippen LogP contribution in [0, 0.1) is 13.8 Å². The second-order valence-electron chi connectivity index (χ2n) is 8.59. The van der Waals surface area contributed by atoms with Gasteiger partial charge in [0.1, 0.15) is 22.6 Å². The Bertz CT molecular complexity index is 1800. The Morgan fingerprint density at radius 3 is 2.62 bits per heavy atom. The van der Waals surface area contributed by atoms with Gasteiger partial charge in [-0.15, -0.1) is 0 Å². The predicted molar refractivity (Wildman–Crippen MR) is 137 cm³/mol. The van der Waals surface area contributed by atoms with Gasteiger partial charge in [-0.2, -0.15) is 4.99 Å². The van der Waals surface area contributed by atoms with Gasteiger partial charge >= 0.3 is 5.97 Å². The van der Waals surface area contributed by atoms with E-state index in [2.05, 4.69) is 4.99 Å². The summed E-state index contributed by atoms with van der Waals surface area (Å²) in [5.74, 6) is -0.726. The summed E-state index contributed by atoms with van der Waals surface area (Å²) in [6, 6.07) is 15.5. The second-order valence-corrected chi connectivity index (χ2v) is 8.59. The maximum atomic E-state index is 13.6. The van der Waals surface area contributed by atoms with Gasteiger partial charge in [0.05, 0.1) is 24.8 Å². The molecular weight excluding hydrogens is 472 g/mol. The van der Waals surface area contributed by atoms with E-state index in [0.717, 1.165) is 11.1 Å². The molecule has 0 aliphatic rings. The van der Waals surface area contributed by atoms with Crippen LogP contribution in [0.15, 0.2) is 81.3 Å². The number of aryl methyl sites for hydroxylation is 2. The van der Waals surface area contributed by atoms with Crippen molar-refractivity contribution in [3.8, 4) is 0 Å². The molecule has 0 atom stereocenters. The number of pyridine rings is 2. The molecule has 0 saturated carbocycles.